The fourth-order valence-electron chi connectivity index (χ4n) is 1.31. The molecule has 0 saturated carbocycles. The number of carbonyl (C=O) groups excluding carboxylic acids is 2. The molecule has 0 aliphatic rings. The van der Waals surface area contributed by atoms with Crippen molar-refractivity contribution in [2.75, 3.05) is 6.61 Å². The summed E-state index contributed by atoms with van der Waals surface area (Å²) in [6.45, 7) is 12.1. The molecular formula is C13H22O4. The van der Waals surface area contributed by atoms with Gasteiger partial charge in [0.15, 0.2) is 5.78 Å². The lowest BCUT2D eigenvalue weighted by molar-refractivity contribution is -0.157. The molecule has 0 aliphatic carbocycles. The standard InChI is InChI=1S/C13H22O4/c1-7-11(15)13(5,6)16-9-8-12(3,4)17-10(2)14/h7H,1,8-9H2,2-6H3. The molecule has 0 aromatic rings. The minimum atomic E-state index is -0.881. The number of ketones is 1. The van der Waals surface area contributed by atoms with Gasteiger partial charge in [-0.25, -0.2) is 0 Å². The van der Waals surface area contributed by atoms with Gasteiger partial charge in [-0.2, -0.15) is 0 Å². The summed E-state index contributed by atoms with van der Waals surface area (Å²) in [5.74, 6) is -0.487. The lowest BCUT2D eigenvalue weighted by Gasteiger charge is -2.27. The van der Waals surface area contributed by atoms with E-state index in [2.05, 4.69) is 6.58 Å². The maximum Gasteiger partial charge on any atom is 0.303 e. The third kappa shape index (κ3) is 6.22. The summed E-state index contributed by atoms with van der Waals surface area (Å²) < 4.78 is 10.6. The zero-order valence-electron chi connectivity index (χ0n) is 11.3. The molecule has 0 amide bonds. The zero-order valence-corrected chi connectivity index (χ0v) is 11.3. The molecule has 4 nitrogen and oxygen atoms in total. The molecule has 0 N–H and O–H groups in total. The molecule has 0 atom stereocenters. The first kappa shape index (κ1) is 15.8. The molecule has 0 aromatic heterocycles. The van der Waals surface area contributed by atoms with Crippen molar-refractivity contribution in [2.45, 2.75) is 52.2 Å². The van der Waals surface area contributed by atoms with Crippen LogP contribution < -0.4 is 0 Å². The second kappa shape index (κ2) is 5.96. The van der Waals surface area contributed by atoms with E-state index in [1.165, 1.54) is 13.0 Å². The Morgan fingerprint density at radius 3 is 2.18 bits per heavy atom. The first-order valence-corrected chi connectivity index (χ1v) is 5.61. The van der Waals surface area contributed by atoms with Crippen LogP contribution in [0.4, 0.5) is 0 Å². The SMILES string of the molecule is C=CC(=O)C(C)(C)OCCC(C)(C)OC(C)=O. The third-order valence-electron chi connectivity index (χ3n) is 2.37. The molecule has 98 valence electrons. The monoisotopic (exact) mass is 242 g/mol. The van der Waals surface area contributed by atoms with Crippen LogP contribution in [-0.2, 0) is 19.1 Å². The van der Waals surface area contributed by atoms with E-state index in [1.54, 1.807) is 27.7 Å². The van der Waals surface area contributed by atoms with Gasteiger partial charge in [0.25, 0.3) is 0 Å². The molecule has 0 fully saturated rings. The summed E-state index contributed by atoms with van der Waals surface area (Å²) >= 11 is 0. The van der Waals surface area contributed by atoms with Crippen molar-refractivity contribution in [1.29, 1.82) is 0 Å². The van der Waals surface area contributed by atoms with Gasteiger partial charge in [-0.1, -0.05) is 6.58 Å². The topological polar surface area (TPSA) is 52.6 Å². The van der Waals surface area contributed by atoms with Gasteiger partial charge in [0, 0.05) is 13.3 Å². The Morgan fingerprint density at radius 2 is 1.76 bits per heavy atom. The van der Waals surface area contributed by atoms with Crippen LogP contribution in [0.5, 0.6) is 0 Å². The van der Waals surface area contributed by atoms with Gasteiger partial charge in [0.05, 0.1) is 6.61 Å². The van der Waals surface area contributed by atoms with Crippen LogP contribution in [0.2, 0.25) is 0 Å². The molecular weight excluding hydrogens is 220 g/mol. The van der Waals surface area contributed by atoms with Crippen LogP contribution in [0.15, 0.2) is 12.7 Å². The van der Waals surface area contributed by atoms with Gasteiger partial charge in [-0.05, 0) is 33.8 Å². The molecule has 0 saturated heterocycles. The van der Waals surface area contributed by atoms with Crippen molar-refractivity contribution in [3.63, 3.8) is 0 Å². The molecule has 0 radical (unpaired) electrons. The van der Waals surface area contributed by atoms with Crippen molar-refractivity contribution in [2.24, 2.45) is 0 Å². The number of carbonyl (C=O) groups is 2. The van der Waals surface area contributed by atoms with E-state index in [0.29, 0.717) is 13.0 Å². The molecule has 17 heavy (non-hydrogen) atoms. The number of hydrogen-bond donors (Lipinski definition) is 0. The molecule has 0 unspecified atom stereocenters. The summed E-state index contributed by atoms with van der Waals surface area (Å²) in [4.78, 5) is 22.3. The first-order chi connectivity index (χ1) is 7.60. The summed E-state index contributed by atoms with van der Waals surface area (Å²) in [5, 5.41) is 0. The Hall–Kier alpha value is -1.16. The van der Waals surface area contributed by atoms with Crippen LogP contribution in [0.1, 0.15) is 41.0 Å². The minimum absolute atomic E-state index is 0.164. The highest BCUT2D eigenvalue weighted by atomic mass is 16.6. The van der Waals surface area contributed by atoms with Crippen LogP contribution >= 0.6 is 0 Å². The van der Waals surface area contributed by atoms with E-state index in [4.69, 9.17) is 9.47 Å². The Labute approximate surface area is 103 Å². The average molecular weight is 242 g/mol. The van der Waals surface area contributed by atoms with Crippen molar-refractivity contribution >= 4 is 11.8 Å². The minimum Gasteiger partial charge on any atom is -0.460 e. The maximum absolute atomic E-state index is 11.4. The number of ether oxygens (including phenoxy) is 2. The molecule has 4 heteroatoms. The summed E-state index contributed by atoms with van der Waals surface area (Å²) in [6, 6.07) is 0. The Morgan fingerprint density at radius 1 is 1.24 bits per heavy atom. The second-order valence-corrected chi connectivity index (χ2v) is 5.03. The van der Waals surface area contributed by atoms with Gasteiger partial charge in [-0.3, -0.25) is 9.59 Å². The summed E-state index contributed by atoms with van der Waals surface area (Å²) in [7, 11) is 0. The largest absolute Gasteiger partial charge is 0.460 e. The summed E-state index contributed by atoms with van der Waals surface area (Å²) in [5.41, 5.74) is -1.47. The van der Waals surface area contributed by atoms with E-state index < -0.39 is 11.2 Å². The van der Waals surface area contributed by atoms with E-state index in [0.717, 1.165) is 0 Å². The van der Waals surface area contributed by atoms with Crippen LogP contribution in [0.25, 0.3) is 0 Å². The Kier molecular flexibility index (Phi) is 5.55. The highest BCUT2D eigenvalue weighted by Crippen LogP contribution is 2.18. The van der Waals surface area contributed by atoms with Gasteiger partial charge < -0.3 is 9.47 Å². The van der Waals surface area contributed by atoms with E-state index >= 15 is 0 Å². The lowest BCUT2D eigenvalue weighted by atomic mass is 10.0. The highest BCUT2D eigenvalue weighted by Gasteiger charge is 2.28. The van der Waals surface area contributed by atoms with Gasteiger partial charge in [-0.15, -0.1) is 0 Å². The normalized spacial score (nSPS) is 12.1. The fourth-order valence-corrected chi connectivity index (χ4v) is 1.31. The van der Waals surface area contributed by atoms with Gasteiger partial charge in [0.1, 0.15) is 11.2 Å². The van der Waals surface area contributed by atoms with E-state index in [9.17, 15) is 9.59 Å². The van der Waals surface area contributed by atoms with E-state index in [-0.39, 0.29) is 11.8 Å². The Balaban J connectivity index is 4.19. The smallest absolute Gasteiger partial charge is 0.303 e. The zero-order chi connectivity index (χ0) is 13.7. The lowest BCUT2D eigenvalue weighted by Crippen LogP contribution is -2.36. The van der Waals surface area contributed by atoms with Crippen LogP contribution in [0.3, 0.4) is 0 Å². The Bertz CT molecular complexity index is 303. The number of esters is 1. The fraction of sp³-hybridized carbons (Fsp3) is 0.692. The van der Waals surface area contributed by atoms with Crippen molar-refractivity contribution in [3.05, 3.63) is 12.7 Å². The predicted molar refractivity (Wildman–Crippen MR) is 65.7 cm³/mol. The summed E-state index contributed by atoms with van der Waals surface area (Å²) in [6.07, 6.45) is 1.78. The molecule has 0 rings (SSSR count). The van der Waals surface area contributed by atoms with Gasteiger partial charge in [0.2, 0.25) is 0 Å². The predicted octanol–water partition coefficient (Wildman–Crippen LogP) is 2.27. The van der Waals surface area contributed by atoms with Crippen LogP contribution in [-0.4, -0.2) is 29.6 Å². The van der Waals surface area contributed by atoms with Crippen molar-refractivity contribution < 1.29 is 19.1 Å². The molecule has 0 aliphatic heterocycles. The van der Waals surface area contributed by atoms with Crippen LogP contribution in [0, 0.1) is 0 Å². The van der Waals surface area contributed by atoms with E-state index in [1.807, 2.05) is 0 Å². The van der Waals surface area contributed by atoms with Crippen molar-refractivity contribution in [1.82, 2.24) is 0 Å². The number of hydrogen-bond acceptors (Lipinski definition) is 4. The molecule has 0 aromatic carbocycles. The molecule has 0 bridgehead atoms. The quantitative estimate of drug-likeness (QED) is 0.507. The highest BCUT2D eigenvalue weighted by molar-refractivity contribution is 5.95. The second-order valence-electron chi connectivity index (χ2n) is 5.03. The third-order valence-corrected chi connectivity index (χ3v) is 2.37. The maximum atomic E-state index is 11.4. The van der Waals surface area contributed by atoms with Gasteiger partial charge >= 0.3 is 5.97 Å². The molecule has 0 spiro atoms. The molecule has 0 heterocycles. The first-order valence-electron chi connectivity index (χ1n) is 5.61. The number of rotatable bonds is 7. The average Bonchev–Trinajstić information content (AvgIpc) is 2.13. The van der Waals surface area contributed by atoms with Crippen molar-refractivity contribution in [3.8, 4) is 0 Å².